The molecule has 2 aliphatic rings. The van der Waals surface area contributed by atoms with E-state index < -0.39 is 0 Å². The van der Waals surface area contributed by atoms with E-state index in [1.807, 2.05) is 42.7 Å². The monoisotopic (exact) mass is 497 g/mol. The largest absolute Gasteiger partial charge is 0.378 e. The Labute approximate surface area is 215 Å². The van der Waals surface area contributed by atoms with Crippen LogP contribution >= 0.6 is 0 Å². The van der Waals surface area contributed by atoms with Gasteiger partial charge in [0.1, 0.15) is 5.82 Å². The molecule has 2 N–H and O–H groups in total. The molecule has 0 unspecified atom stereocenters. The standard InChI is InChI=1S/C28H31N7O2/c1-19-6-8-35(9-7-19)26-5-3-22(17-30-26)31-28(36)27-24-15-20(2-4-25(24)32-33-27)21-14-23(18-29-16-21)34-10-12-37-13-11-34/h2-5,14-19H,6-13H2,1H3,(H,31,36)(H,32,33). The molecule has 9 nitrogen and oxygen atoms in total. The van der Waals surface area contributed by atoms with Gasteiger partial charge in [0.25, 0.3) is 5.91 Å². The third-order valence-corrected chi connectivity index (χ3v) is 7.32. The second-order valence-electron chi connectivity index (χ2n) is 9.89. The predicted molar refractivity (Wildman–Crippen MR) is 145 cm³/mol. The molecule has 5 heterocycles. The van der Waals surface area contributed by atoms with Gasteiger partial charge < -0.3 is 19.9 Å². The van der Waals surface area contributed by atoms with E-state index in [1.165, 1.54) is 12.8 Å². The highest BCUT2D eigenvalue weighted by Crippen LogP contribution is 2.28. The van der Waals surface area contributed by atoms with E-state index in [9.17, 15) is 4.79 Å². The number of aromatic amines is 1. The SMILES string of the molecule is CC1CCN(c2ccc(NC(=O)c3n[nH]c4ccc(-c5cncc(N6CCOCC6)c5)cc34)cn2)CC1. The molecule has 2 saturated heterocycles. The van der Waals surface area contributed by atoms with Gasteiger partial charge in [-0.2, -0.15) is 5.10 Å². The highest BCUT2D eigenvalue weighted by atomic mass is 16.5. The lowest BCUT2D eigenvalue weighted by Gasteiger charge is -2.31. The van der Waals surface area contributed by atoms with Crippen molar-refractivity contribution in [2.24, 2.45) is 5.92 Å². The van der Waals surface area contributed by atoms with Crippen molar-refractivity contribution < 1.29 is 9.53 Å². The maximum Gasteiger partial charge on any atom is 0.276 e. The van der Waals surface area contributed by atoms with Crippen molar-refractivity contribution in [3.63, 3.8) is 0 Å². The number of carbonyl (C=O) groups is 1. The van der Waals surface area contributed by atoms with Gasteiger partial charge in [0.2, 0.25) is 0 Å². The number of nitrogens with zero attached hydrogens (tertiary/aromatic N) is 5. The molecule has 37 heavy (non-hydrogen) atoms. The Bertz CT molecular complexity index is 1390. The van der Waals surface area contributed by atoms with Crippen molar-refractivity contribution in [2.45, 2.75) is 19.8 Å². The number of carbonyl (C=O) groups excluding carboxylic acids is 1. The van der Waals surface area contributed by atoms with Crippen molar-refractivity contribution in [2.75, 3.05) is 54.5 Å². The molecule has 9 heteroatoms. The third-order valence-electron chi connectivity index (χ3n) is 7.32. The van der Waals surface area contributed by atoms with E-state index in [-0.39, 0.29) is 5.91 Å². The zero-order valence-corrected chi connectivity index (χ0v) is 21.0. The third kappa shape index (κ3) is 4.99. The fourth-order valence-corrected chi connectivity index (χ4v) is 5.02. The van der Waals surface area contributed by atoms with Crippen LogP contribution in [0.25, 0.3) is 22.0 Å². The van der Waals surface area contributed by atoms with Gasteiger partial charge in [-0.1, -0.05) is 13.0 Å². The maximum absolute atomic E-state index is 13.2. The second kappa shape index (κ2) is 10.2. The van der Waals surface area contributed by atoms with Gasteiger partial charge in [-0.15, -0.1) is 0 Å². The van der Waals surface area contributed by atoms with Gasteiger partial charge in [-0.05, 0) is 54.7 Å². The Morgan fingerprint density at radius 1 is 0.973 bits per heavy atom. The van der Waals surface area contributed by atoms with Crippen LogP contribution < -0.4 is 15.1 Å². The molecule has 1 aromatic carbocycles. The van der Waals surface area contributed by atoms with Crippen molar-refractivity contribution in [3.05, 3.63) is 60.7 Å². The molecule has 0 radical (unpaired) electrons. The summed E-state index contributed by atoms with van der Waals surface area (Å²) in [4.78, 5) is 26.8. The normalized spacial score (nSPS) is 16.8. The van der Waals surface area contributed by atoms with Crippen molar-refractivity contribution in [1.82, 2.24) is 20.2 Å². The average molecular weight is 498 g/mol. The van der Waals surface area contributed by atoms with Crippen LogP contribution in [0, 0.1) is 5.92 Å². The number of amides is 1. The highest BCUT2D eigenvalue weighted by molar-refractivity contribution is 6.11. The Balaban J connectivity index is 1.20. The smallest absolute Gasteiger partial charge is 0.276 e. The van der Waals surface area contributed by atoms with Crippen LogP contribution in [0.15, 0.2) is 55.0 Å². The number of pyridine rings is 2. The first-order valence-corrected chi connectivity index (χ1v) is 12.9. The van der Waals surface area contributed by atoms with Crippen LogP contribution in [0.1, 0.15) is 30.3 Å². The summed E-state index contributed by atoms with van der Waals surface area (Å²) >= 11 is 0. The molecule has 0 aliphatic carbocycles. The van der Waals surface area contributed by atoms with Crippen LogP contribution in [0.2, 0.25) is 0 Å². The number of anilines is 3. The second-order valence-corrected chi connectivity index (χ2v) is 9.89. The first-order valence-electron chi connectivity index (χ1n) is 12.9. The van der Waals surface area contributed by atoms with E-state index in [4.69, 9.17) is 4.74 Å². The zero-order valence-electron chi connectivity index (χ0n) is 21.0. The quantitative estimate of drug-likeness (QED) is 0.423. The average Bonchev–Trinajstić information content (AvgIpc) is 3.38. The van der Waals surface area contributed by atoms with Crippen LogP contribution in [-0.4, -0.2) is 65.5 Å². The number of benzene rings is 1. The number of fused-ring (bicyclic) bond motifs is 1. The minimum Gasteiger partial charge on any atom is -0.378 e. The number of aromatic nitrogens is 4. The molecule has 4 aromatic rings. The van der Waals surface area contributed by atoms with Gasteiger partial charge in [-0.25, -0.2) is 4.98 Å². The maximum atomic E-state index is 13.2. The molecule has 0 bridgehead atoms. The summed E-state index contributed by atoms with van der Waals surface area (Å²) in [5, 5.41) is 11.0. The van der Waals surface area contributed by atoms with Crippen LogP contribution in [-0.2, 0) is 4.74 Å². The molecule has 190 valence electrons. The van der Waals surface area contributed by atoms with Gasteiger partial charge in [0.05, 0.1) is 42.5 Å². The lowest BCUT2D eigenvalue weighted by molar-refractivity contribution is 0.102. The van der Waals surface area contributed by atoms with E-state index in [2.05, 4.69) is 48.3 Å². The Morgan fingerprint density at radius 2 is 1.81 bits per heavy atom. The number of H-pyrrole nitrogens is 1. The minimum absolute atomic E-state index is 0.273. The first kappa shape index (κ1) is 23.4. The first-order chi connectivity index (χ1) is 18.1. The topological polar surface area (TPSA) is 99.3 Å². The number of nitrogens with one attached hydrogen (secondary N) is 2. The zero-order chi connectivity index (χ0) is 25.2. The summed E-state index contributed by atoms with van der Waals surface area (Å²) in [6, 6.07) is 12.0. The molecule has 3 aromatic heterocycles. The Hall–Kier alpha value is -3.98. The molecule has 1 amide bonds. The van der Waals surface area contributed by atoms with Crippen LogP contribution in [0.4, 0.5) is 17.2 Å². The summed E-state index contributed by atoms with van der Waals surface area (Å²) in [6.07, 6.45) is 7.81. The van der Waals surface area contributed by atoms with Crippen molar-refractivity contribution in [1.29, 1.82) is 0 Å². The molecular weight excluding hydrogens is 466 g/mol. The molecule has 6 rings (SSSR count). The van der Waals surface area contributed by atoms with Gasteiger partial charge >= 0.3 is 0 Å². The highest BCUT2D eigenvalue weighted by Gasteiger charge is 2.19. The van der Waals surface area contributed by atoms with Gasteiger partial charge in [-0.3, -0.25) is 14.9 Å². The van der Waals surface area contributed by atoms with Gasteiger partial charge in [0, 0.05) is 43.3 Å². The molecule has 0 atom stereocenters. The lowest BCUT2D eigenvalue weighted by atomic mass is 9.99. The van der Waals surface area contributed by atoms with Crippen molar-refractivity contribution >= 4 is 34.0 Å². The number of morpholine rings is 1. The molecular formula is C28H31N7O2. The molecule has 0 spiro atoms. The van der Waals surface area contributed by atoms with Crippen LogP contribution in [0.3, 0.4) is 0 Å². The summed E-state index contributed by atoms with van der Waals surface area (Å²) in [5.41, 5.74) is 4.84. The predicted octanol–water partition coefficient (Wildman–Crippen LogP) is 4.35. The minimum atomic E-state index is -0.273. The van der Waals surface area contributed by atoms with E-state index in [0.29, 0.717) is 11.4 Å². The lowest BCUT2D eigenvalue weighted by Crippen LogP contribution is -2.36. The van der Waals surface area contributed by atoms with Crippen molar-refractivity contribution in [3.8, 4) is 11.1 Å². The molecule has 2 aliphatic heterocycles. The molecule has 0 saturated carbocycles. The van der Waals surface area contributed by atoms with Gasteiger partial charge in [0.15, 0.2) is 5.69 Å². The fourth-order valence-electron chi connectivity index (χ4n) is 5.02. The summed E-state index contributed by atoms with van der Waals surface area (Å²) < 4.78 is 5.47. The number of ether oxygens (including phenoxy) is 1. The van der Waals surface area contributed by atoms with E-state index in [1.54, 1.807) is 6.20 Å². The Kier molecular flexibility index (Phi) is 6.44. The summed E-state index contributed by atoms with van der Waals surface area (Å²) in [5.74, 6) is 1.45. The number of rotatable bonds is 5. The summed E-state index contributed by atoms with van der Waals surface area (Å²) in [6.45, 7) is 7.48. The number of piperidine rings is 1. The van der Waals surface area contributed by atoms with E-state index >= 15 is 0 Å². The Morgan fingerprint density at radius 3 is 2.59 bits per heavy atom. The van der Waals surface area contributed by atoms with E-state index in [0.717, 1.165) is 78.8 Å². The van der Waals surface area contributed by atoms with Crippen LogP contribution in [0.5, 0.6) is 0 Å². The number of hydrogen-bond acceptors (Lipinski definition) is 7. The molecule has 2 fully saturated rings. The fraction of sp³-hybridized carbons (Fsp3) is 0.357. The summed E-state index contributed by atoms with van der Waals surface area (Å²) in [7, 11) is 0. The number of hydrogen-bond donors (Lipinski definition) is 2.